The summed E-state index contributed by atoms with van der Waals surface area (Å²) in [6, 6.07) is 0. The maximum absolute atomic E-state index is 10.8. The third-order valence-corrected chi connectivity index (χ3v) is 5.24. The number of aliphatic hydroxyl groups is 1. The second-order valence-electron chi connectivity index (χ2n) is 6.24. The van der Waals surface area contributed by atoms with Gasteiger partial charge in [0, 0.05) is 6.61 Å². The molecule has 1 saturated heterocycles. The molecule has 16 heavy (non-hydrogen) atoms. The Morgan fingerprint density at radius 3 is 2.31 bits per heavy atom. The van der Waals surface area contributed by atoms with Crippen LogP contribution in [-0.4, -0.2) is 22.9 Å². The van der Waals surface area contributed by atoms with E-state index in [0.29, 0.717) is 5.92 Å². The van der Waals surface area contributed by atoms with Crippen LogP contribution in [0.3, 0.4) is 0 Å². The number of hydrogen-bond donors (Lipinski definition) is 1. The molecule has 3 fully saturated rings. The normalized spacial score (nSPS) is 36.9. The molecule has 3 aliphatic rings. The number of ether oxygens (including phenoxy) is 1. The first kappa shape index (κ1) is 11.0. The van der Waals surface area contributed by atoms with Crippen molar-refractivity contribution in [2.75, 3.05) is 6.61 Å². The first-order valence-electron chi connectivity index (χ1n) is 7.09. The van der Waals surface area contributed by atoms with E-state index in [1.165, 1.54) is 38.5 Å². The van der Waals surface area contributed by atoms with Gasteiger partial charge in [-0.2, -0.15) is 0 Å². The lowest BCUT2D eigenvalue weighted by molar-refractivity contribution is -0.180. The van der Waals surface area contributed by atoms with Crippen molar-refractivity contribution in [3.8, 4) is 0 Å². The van der Waals surface area contributed by atoms with Crippen LogP contribution < -0.4 is 0 Å². The van der Waals surface area contributed by atoms with Crippen LogP contribution in [0.2, 0.25) is 0 Å². The fourth-order valence-corrected chi connectivity index (χ4v) is 3.98. The van der Waals surface area contributed by atoms with Gasteiger partial charge in [-0.1, -0.05) is 19.3 Å². The Labute approximate surface area is 98.4 Å². The molecule has 2 heteroatoms. The summed E-state index contributed by atoms with van der Waals surface area (Å²) in [5.74, 6) is 0.516. The summed E-state index contributed by atoms with van der Waals surface area (Å²) in [5, 5.41) is 10.8. The van der Waals surface area contributed by atoms with E-state index in [2.05, 4.69) is 0 Å². The van der Waals surface area contributed by atoms with Crippen LogP contribution in [0.5, 0.6) is 0 Å². The molecule has 3 rings (SSSR count). The lowest BCUT2D eigenvalue weighted by atomic mass is 9.65. The lowest BCUT2D eigenvalue weighted by Gasteiger charge is -2.51. The predicted octanol–water partition coefficient (Wildman–Crippen LogP) is 3.03. The molecular weight excluding hydrogens is 200 g/mol. The smallest absolute Gasteiger partial charge is 0.0686 e. The summed E-state index contributed by atoms with van der Waals surface area (Å²) < 4.78 is 5.96. The highest BCUT2D eigenvalue weighted by molar-refractivity contribution is 5.00. The Hall–Kier alpha value is -0.0800. The van der Waals surface area contributed by atoms with Gasteiger partial charge in [0.2, 0.25) is 0 Å². The van der Waals surface area contributed by atoms with Crippen LogP contribution >= 0.6 is 0 Å². The Morgan fingerprint density at radius 2 is 1.69 bits per heavy atom. The monoisotopic (exact) mass is 224 g/mol. The van der Waals surface area contributed by atoms with Crippen molar-refractivity contribution >= 4 is 0 Å². The van der Waals surface area contributed by atoms with Crippen LogP contribution in [0.4, 0.5) is 0 Å². The van der Waals surface area contributed by atoms with Gasteiger partial charge in [0.15, 0.2) is 0 Å². The molecule has 1 aliphatic heterocycles. The van der Waals surface area contributed by atoms with Crippen molar-refractivity contribution in [1.29, 1.82) is 0 Å². The first-order chi connectivity index (χ1) is 7.73. The van der Waals surface area contributed by atoms with E-state index in [0.717, 1.165) is 32.3 Å². The van der Waals surface area contributed by atoms with Crippen molar-refractivity contribution in [2.45, 2.75) is 75.4 Å². The van der Waals surface area contributed by atoms with Gasteiger partial charge in [-0.3, -0.25) is 0 Å². The fourth-order valence-electron chi connectivity index (χ4n) is 3.98. The zero-order valence-corrected chi connectivity index (χ0v) is 10.2. The van der Waals surface area contributed by atoms with E-state index in [1.807, 2.05) is 0 Å². The topological polar surface area (TPSA) is 29.5 Å². The molecule has 1 spiro atoms. The summed E-state index contributed by atoms with van der Waals surface area (Å²) >= 11 is 0. The van der Waals surface area contributed by atoms with Gasteiger partial charge in [-0.25, -0.2) is 0 Å². The molecule has 1 unspecified atom stereocenters. The zero-order chi connectivity index (χ0) is 11.1. The number of rotatable bonds is 1. The summed E-state index contributed by atoms with van der Waals surface area (Å²) in [6.45, 7) is 0.882. The Kier molecular flexibility index (Phi) is 2.75. The minimum Gasteiger partial charge on any atom is -0.390 e. The maximum atomic E-state index is 10.8. The van der Waals surface area contributed by atoms with Crippen molar-refractivity contribution in [3.05, 3.63) is 0 Å². The van der Waals surface area contributed by atoms with Gasteiger partial charge in [0.05, 0.1) is 11.2 Å². The van der Waals surface area contributed by atoms with Crippen LogP contribution in [0, 0.1) is 5.92 Å². The molecule has 2 aliphatic carbocycles. The van der Waals surface area contributed by atoms with E-state index in [9.17, 15) is 5.11 Å². The highest BCUT2D eigenvalue weighted by Gasteiger charge is 2.48. The summed E-state index contributed by atoms with van der Waals surface area (Å²) in [4.78, 5) is 0. The van der Waals surface area contributed by atoms with Gasteiger partial charge >= 0.3 is 0 Å². The van der Waals surface area contributed by atoms with Gasteiger partial charge in [-0.05, 0) is 50.9 Å². The standard InChI is InChI=1S/C14H24O2/c15-14(8-2-1-3-9-14)12-5-10-16-13(11-12)6-4-7-13/h12,15H,1-11H2. The molecule has 0 aromatic rings. The largest absolute Gasteiger partial charge is 0.390 e. The summed E-state index contributed by atoms with van der Waals surface area (Å²) in [5.41, 5.74) is -0.152. The minimum atomic E-state index is -0.343. The van der Waals surface area contributed by atoms with Crippen molar-refractivity contribution in [3.63, 3.8) is 0 Å². The molecule has 2 nitrogen and oxygen atoms in total. The molecule has 0 radical (unpaired) electrons. The molecule has 0 aromatic carbocycles. The zero-order valence-electron chi connectivity index (χ0n) is 10.2. The minimum absolute atomic E-state index is 0.191. The van der Waals surface area contributed by atoms with Gasteiger partial charge in [0.1, 0.15) is 0 Å². The van der Waals surface area contributed by atoms with E-state index in [-0.39, 0.29) is 11.2 Å². The van der Waals surface area contributed by atoms with Crippen LogP contribution in [0.25, 0.3) is 0 Å². The quantitative estimate of drug-likeness (QED) is 0.742. The molecule has 0 bridgehead atoms. The van der Waals surface area contributed by atoms with Crippen LogP contribution in [-0.2, 0) is 4.74 Å². The van der Waals surface area contributed by atoms with Crippen molar-refractivity contribution < 1.29 is 9.84 Å². The van der Waals surface area contributed by atoms with Crippen molar-refractivity contribution in [2.24, 2.45) is 5.92 Å². The third kappa shape index (κ3) is 1.80. The molecule has 1 heterocycles. The molecule has 1 atom stereocenters. The highest BCUT2D eigenvalue weighted by Crippen LogP contribution is 2.49. The average Bonchev–Trinajstić information content (AvgIpc) is 2.28. The maximum Gasteiger partial charge on any atom is 0.0686 e. The van der Waals surface area contributed by atoms with E-state index in [4.69, 9.17) is 4.74 Å². The van der Waals surface area contributed by atoms with Gasteiger partial charge < -0.3 is 9.84 Å². The molecule has 2 saturated carbocycles. The molecular formula is C14H24O2. The highest BCUT2D eigenvalue weighted by atomic mass is 16.5. The van der Waals surface area contributed by atoms with E-state index >= 15 is 0 Å². The predicted molar refractivity (Wildman–Crippen MR) is 63.3 cm³/mol. The second-order valence-corrected chi connectivity index (χ2v) is 6.24. The Balaban J connectivity index is 1.68. The van der Waals surface area contributed by atoms with Crippen molar-refractivity contribution in [1.82, 2.24) is 0 Å². The lowest BCUT2D eigenvalue weighted by Crippen LogP contribution is -2.52. The molecule has 92 valence electrons. The van der Waals surface area contributed by atoms with Gasteiger partial charge in [0.25, 0.3) is 0 Å². The van der Waals surface area contributed by atoms with E-state index < -0.39 is 0 Å². The second kappa shape index (κ2) is 3.99. The molecule has 0 amide bonds. The first-order valence-corrected chi connectivity index (χ1v) is 7.09. The summed E-state index contributed by atoms with van der Waals surface area (Å²) in [7, 11) is 0. The van der Waals surface area contributed by atoms with Crippen LogP contribution in [0.1, 0.15) is 64.2 Å². The summed E-state index contributed by atoms with van der Waals surface area (Å²) in [6.07, 6.45) is 11.8. The average molecular weight is 224 g/mol. The Bertz CT molecular complexity index is 251. The third-order valence-electron chi connectivity index (χ3n) is 5.24. The molecule has 0 aromatic heterocycles. The SMILES string of the molecule is OC1(C2CCOC3(CCC3)C2)CCCCC1. The van der Waals surface area contributed by atoms with Gasteiger partial charge in [-0.15, -0.1) is 0 Å². The fraction of sp³-hybridized carbons (Fsp3) is 1.00. The van der Waals surface area contributed by atoms with Crippen LogP contribution in [0.15, 0.2) is 0 Å². The Morgan fingerprint density at radius 1 is 0.938 bits per heavy atom. The number of hydrogen-bond acceptors (Lipinski definition) is 2. The molecule has 1 N–H and O–H groups in total. The van der Waals surface area contributed by atoms with E-state index in [1.54, 1.807) is 0 Å².